The van der Waals surface area contributed by atoms with Gasteiger partial charge in [-0.3, -0.25) is 9.59 Å². The van der Waals surface area contributed by atoms with Crippen molar-refractivity contribution in [3.05, 3.63) is 67.5 Å². The normalized spacial score (nSPS) is 17.7. The number of aliphatic hydroxyl groups excluding tert-OH is 1. The van der Waals surface area contributed by atoms with Crippen molar-refractivity contribution < 1.29 is 14.7 Å². The fourth-order valence-electron chi connectivity index (χ4n) is 2.28. The molecule has 0 spiro atoms. The summed E-state index contributed by atoms with van der Waals surface area (Å²) in [5.41, 5.74) is 0.500. The molecule has 0 aliphatic carbocycles. The number of hydrogen-bond acceptors (Lipinski definition) is 4. The first-order valence-electron chi connectivity index (χ1n) is 6.26. The number of carbonyl (C=O) groups excluding carboxylic acids is 2. The maximum atomic E-state index is 12.6. The Labute approximate surface area is 140 Å². The summed E-state index contributed by atoms with van der Waals surface area (Å²) >= 11 is 13.3. The van der Waals surface area contributed by atoms with Crippen LogP contribution in [-0.4, -0.2) is 16.8 Å². The van der Waals surface area contributed by atoms with Crippen molar-refractivity contribution in [3.63, 3.8) is 0 Å². The summed E-state index contributed by atoms with van der Waals surface area (Å²) in [5, 5.41) is 15.1. The van der Waals surface area contributed by atoms with E-state index in [4.69, 9.17) is 23.2 Å². The lowest BCUT2D eigenvalue weighted by Crippen LogP contribution is -2.23. The average Bonchev–Trinajstić information content (AvgIpc) is 3.08. The zero-order valence-corrected chi connectivity index (χ0v) is 13.3. The van der Waals surface area contributed by atoms with Crippen LogP contribution in [0.5, 0.6) is 0 Å². The zero-order chi connectivity index (χ0) is 15.9. The smallest absolute Gasteiger partial charge is 0.287 e. The fraction of sp³-hybridized carbons (Fsp3) is 0.0667. The molecule has 1 aromatic heterocycles. The van der Waals surface area contributed by atoms with E-state index in [1.54, 1.807) is 29.6 Å². The monoisotopic (exact) mass is 353 g/mol. The van der Waals surface area contributed by atoms with Crippen LogP contribution >= 0.6 is 34.5 Å². The lowest BCUT2D eigenvalue weighted by molar-refractivity contribution is -0.119. The summed E-state index contributed by atoms with van der Waals surface area (Å²) < 4.78 is 0. The van der Waals surface area contributed by atoms with E-state index in [1.807, 2.05) is 0 Å². The molecular formula is C15H9Cl2NO3S. The van der Waals surface area contributed by atoms with E-state index in [-0.39, 0.29) is 5.57 Å². The van der Waals surface area contributed by atoms with Crippen LogP contribution in [0.15, 0.2) is 47.0 Å². The number of hydrogen-bond donors (Lipinski definition) is 2. The predicted octanol–water partition coefficient (Wildman–Crippen LogP) is 3.92. The third-order valence-electron chi connectivity index (χ3n) is 3.30. The van der Waals surface area contributed by atoms with Gasteiger partial charge in [-0.05, 0) is 29.1 Å². The Morgan fingerprint density at radius 3 is 2.68 bits per heavy atom. The molecular weight excluding hydrogens is 345 g/mol. The molecule has 0 saturated carbocycles. The number of rotatable bonds is 3. The first-order chi connectivity index (χ1) is 10.5. The van der Waals surface area contributed by atoms with Crippen molar-refractivity contribution in [1.29, 1.82) is 0 Å². The lowest BCUT2D eigenvalue weighted by Gasteiger charge is -2.15. The summed E-state index contributed by atoms with van der Waals surface area (Å²) in [6, 6.07) is 7.31. The molecule has 2 aromatic rings. The molecule has 7 heteroatoms. The molecule has 22 heavy (non-hydrogen) atoms. The largest absolute Gasteiger partial charge is 0.503 e. The molecule has 1 amide bonds. The summed E-state index contributed by atoms with van der Waals surface area (Å²) in [4.78, 5) is 24.8. The van der Waals surface area contributed by atoms with Gasteiger partial charge in [-0.1, -0.05) is 35.3 Å². The third-order valence-corrected chi connectivity index (χ3v) is 4.73. The van der Waals surface area contributed by atoms with E-state index >= 15 is 0 Å². The summed E-state index contributed by atoms with van der Waals surface area (Å²) in [7, 11) is 0. The molecule has 3 rings (SSSR count). The van der Waals surface area contributed by atoms with Gasteiger partial charge in [0, 0.05) is 10.0 Å². The molecule has 2 heterocycles. The van der Waals surface area contributed by atoms with Crippen molar-refractivity contribution in [3.8, 4) is 0 Å². The van der Waals surface area contributed by atoms with Gasteiger partial charge in [0.1, 0.15) is 0 Å². The van der Waals surface area contributed by atoms with Gasteiger partial charge in [-0.25, -0.2) is 0 Å². The standard InChI is InChI=1S/C15H9Cl2NO3S/c16-7-3-4-8(9(17)6-7)12-11(14(20)15(21)18-12)13(19)10-2-1-5-22-10/h1-6,12,20H,(H,18,21)/t12-/m0/s1. The summed E-state index contributed by atoms with van der Waals surface area (Å²) in [6.07, 6.45) is 0. The molecule has 1 atom stereocenters. The summed E-state index contributed by atoms with van der Waals surface area (Å²) in [5.74, 6) is -1.67. The number of benzene rings is 1. The molecule has 4 nitrogen and oxygen atoms in total. The quantitative estimate of drug-likeness (QED) is 0.821. The van der Waals surface area contributed by atoms with Gasteiger partial charge in [0.2, 0.25) is 5.78 Å². The number of carbonyl (C=O) groups is 2. The van der Waals surface area contributed by atoms with Crippen molar-refractivity contribution in [2.45, 2.75) is 6.04 Å². The van der Waals surface area contributed by atoms with Crippen LogP contribution in [0.4, 0.5) is 0 Å². The maximum Gasteiger partial charge on any atom is 0.287 e. The highest BCUT2D eigenvalue weighted by molar-refractivity contribution is 7.12. The van der Waals surface area contributed by atoms with E-state index in [0.29, 0.717) is 20.5 Å². The van der Waals surface area contributed by atoms with Crippen molar-refractivity contribution in [2.75, 3.05) is 0 Å². The molecule has 1 aromatic carbocycles. The number of Topliss-reactive ketones (excluding diaryl/α,β-unsaturated/α-hetero) is 1. The minimum Gasteiger partial charge on any atom is -0.503 e. The van der Waals surface area contributed by atoms with Crippen LogP contribution in [0.2, 0.25) is 10.0 Å². The Bertz CT molecular complexity index is 799. The molecule has 0 saturated heterocycles. The Morgan fingerprint density at radius 2 is 2.05 bits per heavy atom. The highest BCUT2D eigenvalue weighted by atomic mass is 35.5. The van der Waals surface area contributed by atoms with E-state index < -0.39 is 23.5 Å². The van der Waals surface area contributed by atoms with Crippen LogP contribution in [0.25, 0.3) is 0 Å². The molecule has 1 aliphatic heterocycles. The Hall–Kier alpha value is -1.82. The lowest BCUT2D eigenvalue weighted by atomic mass is 9.96. The number of ketones is 1. The molecule has 1 aliphatic rings. The van der Waals surface area contributed by atoms with Crippen molar-refractivity contribution in [2.24, 2.45) is 0 Å². The third kappa shape index (κ3) is 2.52. The average molecular weight is 354 g/mol. The Balaban J connectivity index is 2.08. The van der Waals surface area contributed by atoms with Gasteiger partial charge < -0.3 is 10.4 Å². The molecule has 2 N–H and O–H groups in total. The van der Waals surface area contributed by atoms with Gasteiger partial charge in [-0.2, -0.15) is 0 Å². The van der Waals surface area contributed by atoms with E-state index in [0.717, 1.165) is 0 Å². The van der Waals surface area contributed by atoms with E-state index in [1.165, 1.54) is 17.4 Å². The predicted molar refractivity (Wildman–Crippen MR) is 85.7 cm³/mol. The van der Waals surface area contributed by atoms with Crippen LogP contribution in [0.3, 0.4) is 0 Å². The van der Waals surface area contributed by atoms with Crippen LogP contribution in [0.1, 0.15) is 21.3 Å². The maximum absolute atomic E-state index is 12.6. The molecule has 0 radical (unpaired) electrons. The minimum atomic E-state index is -0.799. The topological polar surface area (TPSA) is 66.4 Å². The van der Waals surface area contributed by atoms with Crippen molar-refractivity contribution >= 4 is 46.2 Å². The van der Waals surface area contributed by atoms with Gasteiger partial charge in [0.25, 0.3) is 5.91 Å². The van der Waals surface area contributed by atoms with Crippen LogP contribution in [0, 0.1) is 0 Å². The number of amides is 1. The summed E-state index contributed by atoms with van der Waals surface area (Å²) in [6.45, 7) is 0. The second kappa shape index (κ2) is 5.76. The van der Waals surface area contributed by atoms with Gasteiger partial charge in [-0.15, -0.1) is 11.3 Å². The molecule has 0 unspecified atom stereocenters. The zero-order valence-electron chi connectivity index (χ0n) is 11.0. The van der Waals surface area contributed by atoms with Gasteiger partial charge in [0.15, 0.2) is 5.76 Å². The van der Waals surface area contributed by atoms with Crippen LogP contribution < -0.4 is 5.32 Å². The van der Waals surface area contributed by atoms with Crippen molar-refractivity contribution in [1.82, 2.24) is 5.32 Å². The van der Waals surface area contributed by atoms with Crippen LogP contribution in [-0.2, 0) is 4.79 Å². The molecule has 0 fully saturated rings. The Morgan fingerprint density at radius 1 is 1.27 bits per heavy atom. The number of aliphatic hydroxyl groups is 1. The second-order valence-electron chi connectivity index (χ2n) is 4.64. The van der Waals surface area contributed by atoms with E-state index in [9.17, 15) is 14.7 Å². The highest BCUT2D eigenvalue weighted by Gasteiger charge is 2.38. The highest BCUT2D eigenvalue weighted by Crippen LogP contribution is 2.36. The van der Waals surface area contributed by atoms with Gasteiger partial charge in [0.05, 0.1) is 16.5 Å². The van der Waals surface area contributed by atoms with Gasteiger partial charge >= 0.3 is 0 Å². The van der Waals surface area contributed by atoms with E-state index in [2.05, 4.69) is 5.32 Å². The first kappa shape index (κ1) is 15.1. The number of nitrogens with one attached hydrogen (secondary N) is 1. The Kier molecular flexibility index (Phi) is 3.95. The fourth-order valence-corrected chi connectivity index (χ4v) is 3.47. The minimum absolute atomic E-state index is 0.00308. The second-order valence-corrected chi connectivity index (χ2v) is 6.43. The number of halogens is 2. The number of thiophene rings is 1. The first-order valence-corrected chi connectivity index (χ1v) is 7.89. The SMILES string of the molecule is O=C1N[C@@H](c2ccc(Cl)cc2Cl)C(C(=O)c2cccs2)=C1O. The molecule has 112 valence electrons. The molecule has 0 bridgehead atoms.